The summed E-state index contributed by atoms with van der Waals surface area (Å²) in [5, 5.41) is 3.06. The SMILES string of the molecule is C1=C2CCCc3ccc4cccc(c4c32)C12CCCC2. The van der Waals surface area contributed by atoms with Gasteiger partial charge in [-0.25, -0.2) is 0 Å². The molecular formula is C20H20. The number of hydrogen-bond donors (Lipinski definition) is 0. The summed E-state index contributed by atoms with van der Waals surface area (Å²) in [5.41, 5.74) is 6.88. The average molecular weight is 260 g/mol. The molecule has 20 heavy (non-hydrogen) atoms. The normalized spacial score (nSPS) is 22.3. The van der Waals surface area contributed by atoms with Crippen LogP contribution in [0.15, 0.2) is 36.4 Å². The zero-order chi connectivity index (χ0) is 13.2. The van der Waals surface area contributed by atoms with Gasteiger partial charge in [0.1, 0.15) is 0 Å². The Morgan fingerprint density at radius 2 is 1.75 bits per heavy atom. The van der Waals surface area contributed by atoms with Crippen LogP contribution < -0.4 is 0 Å². The van der Waals surface area contributed by atoms with Crippen molar-refractivity contribution in [3.05, 3.63) is 53.1 Å². The van der Waals surface area contributed by atoms with Gasteiger partial charge in [0.2, 0.25) is 0 Å². The molecule has 1 saturated carbocycles. The molecule has 0 saturated heterocycles. The Balaban J connectivity index is 1.95. The van der Waals surface area contributed by atoms with E-state index in [9.17, 15) is 0 Å². The molecule has 0 aliphatic heterocycles. The van der Waals surface area contributed by atoms with Gasteiger partial charge in [-0.1, -0.05) is 49.2 Å². The Bertz CT molecular complexity index is 742. The molecule has 5 rings (SSSR count). The van der Waals surface area contributed by atoms with Crippen molar-refractivity contribution in [1.82, 2.24) is 0 Å². The first-order chi connectivity index (χ1) is 9.87. The summed E-state index contributed by atoms with van der Waals surface area (Å²) in [5.74, 6) is 0. The molecule has 1 spiro atoms. The first-order valence-corrected chi connectivity index (χ1v) is 8.15. The lowest BCUT2D eigenvalue weighted by atomic mass is 9.67. The van der Waals surface area contributed by atoms with Gasteiger partial charge in [0, 0.05) is 5.41 Å². The molecule has 0 N–H and O–H groups in total. The van der Waals surface area contributed by atoms with Crippen LogP contribution in [0, 0.1) is 0 Å². The molecule has 0 heterocycles. The minimum absolute atomic E-state index is 0.373. The van der Waals surface area contributed by atoms with Gasteiger partial charge < -0.3 is 0 Å². The van der Waals surface area contributed by atoms with Crippen LogP contribution in [0.5, 0.6) is 0 Å². The van der Waals surface area contributed by atoms with Crippen LogP contribution in [0.2, 0.25) is 0 Å². The predicted molar refractivity (Wildman–Crippen MR) is 85.0 cm³/mol. The Labute approximate surface area is 120 Å². The zero-order valence-corrected chi connectivity index (χ0v) is 11.9. The van der Waals surface area contributed by atoms with Crippen molar-refractivity contribution in [2.45, 2.75) is 50.4 Å². The summed E-state index contributed by atoms with van der Waals surface area (Å²) >= 11 is 0. The van der Waals surface area contributed by atoms with Gasteiger partial charge >= 0.3 is 0 Å². The molecule has 0 radical (unpaired) electrons. The van der Waals surface area contributed by atoms with E-state index in [1.165, 1.54) is 50.3 Å². The highest BCUT2D eigenvalue weighted by Crippen LogP contribution is 2.52. The highest BCUT2D eigenvalue weighted by atomic mass is 14.4. The van der Waals surface area contributed by atoms with Crippen LogP contribution in [-0.4, -0.2) is 0 Å². The third kappa shape index (κ3) is 1.28. The summed E-state index contributed by atoms with van der Waals surface area (Å²) in [4.78, 5) is 0. The highest BCUT2D eigenvalue weighted by Gasteiger charge is 2.39. The smallest absolute Gasteiger partial charge is 0.0144 e. The largest absolute Gasteiger partial charge is 0.0701 e. The number of allylic oxidation sites excluding steroid dienone is 2. The maximum absolute atomic E-state index is 2.68. The Kier molecular flexibility index (Phi) is 2.09. The molecular weight excluding hydrogens is 240 g/mol. The molecule has 0 amide bonds. The monoisotopic (exact) mass is 260 g/mol. The van der Waals surface area contributed by atoms with Gasteiger partial charge in [0.25, 0.3) is 0 Å². The maximum atomic E-state index is 2.68. The summed E-state index contributed by atoms with van der Waals surface area (Å²) in [6.07, 6.45) is 12.1. The molecule has 0 heteroatoms. The van der Waals surface area contributed by atoms with E-state index in [0.29, 0.717) is 5.41 Å². The van der Waals surface area contributed by atoms with E-state index in [-0.39, 0.29) is 0 Å². The number of hydrogen-bond acceptors (Lipinski definition) is 0. The second-order valence-electron chi connectivity index (χ2n) is 6.89. The second kappa shape index (κ2) is 3.75. The van der Waals surface area contributed by atoms with E-state index in [4.69, 9.17) is 0 Å². The van der Waals surface area contributed by atoms with Crippen LogP contribution in [0.3, 0.4) is 0 Å². The Hall–Kier alpha value is -1.56. The first kappa shape index (κ1) is 11.1. The third-order valence-electron chi connectivity index (χ3n) is 5.83. The van der Waals surface area contributed by atoms with E-state index in [1.54, 1.807) is 27.6 Å². The average Bonchev–Trinajstić information content (AvgIpc) is 2.95. The van der Waals surface area contributed by atoms with E-state index in [2.05, 4.69) is 36.4 Å². The molecule has 3 aliphatic carbocycles. The highest BCUT2D eigenvalue weighted by molar-refractivity contribution is 6.01. The van der Waals surface area contributed by atoms with Gasteiger partial charge in [-0.05, 0) is 65.1 Å². The molecule has 0 nitrogen and oxygen atoms in total. The minimum atomic E-state index is 0.373. The number of benzene rings is 2. The van der Waals surface area contributed by atoms with E-state index in [1.807, 2.05) is 0 Å². The van der Waals surface area contributed by atoms with Gasteiger partial charge in [0.15, 0.2) is 0 Å². The summed E-state index contributed by atoms with van der Waals surface area (Å²) in [7, 11) is 0. The van der Waals surface area contributed by atoms with Crippen molar-refractivity contribution in [3.63, 3.8) is 0 Å². The van der Waals surface area contributed by atoms with Crippen molar-refractivity contribution < 1.29 is 0 Å². The van der Waals surface area contributed by atoms with Crippen molar-refractivity contribution in [2.24, 2.45) is 0 Å². The molecule has 3 aliphatic rings. The lowest BCUT2D eigenvalue weighted by Crippen LogP contribution is -2.24. The van der Waals surface area contributed by atoms with Gasteiger partial charge in [-0.2, -0.15) is 0 Å². The Morgan fingerprint density at radius 3 is 2.65 bits per heavy atom. The van der Waals surface area contributed by atoms with Gasteiger partial charge in [-0.3, -0.25) is 0 Å². The van der Waals surface area contributed by atoms with Gasteiger partial charge in [-0.15, -0.1) is 0 Å². The third-order valence-corrected chi connectivity index (χ3v) is 5.83. The van der Waals surface area contributed by atoms with Crippen LogP contribution in [0.25, 0.3) is 16.3 Å². The fourth-order valence-electron chi connectivity index (χ4n) is 4.98. The maximum Gasteiger partial charge on any atom is 0.0144 e. The quantitative estimate of drug-likeness (QED) is 0.596. The summed E-state index contributed by atoms with van der Waals surface area (Å²) in [6, 6.07) is 11.7. The van der Waals surface area contributed by atoms with Crippen LogP contribution in [-0.2, 0) is 11.8 Å². The Morgan fingerprint density at radius 1 is 0.850 bits per heavy atom. The molecule has 1 fully saturated rings. The summed E-state index contributed by atoms with van der Waals surface area (Å²) in [6.45, 7) is 0. The molecule has 0 bridgehead atoms. The fraction of sp³-hybridized carbons (Fsp3) is 0.400. The molecule has 0 unspecified atom stereocenters. The number of fused-ring (bicyclic) bond motifs is 1. The van der Waals surface area contributed by atoms with Crippen molar-refractivity contribution >= 4 is 16.3 Å². The first-order valence-electron chi connectivity index (χ1n) is 8.15. The lowest BCUT2D eigenvalue weighted by Gasteiger charge is -2.36. The van der Waals surface area contributed by atoms with Crippen LogP contribution in [0.1, 0.15) is 55.2 Å². The van der Waals surface area contributed by atoms with Crippen LogP contribution in [0.4, 0.5) is 0 Å². The minimum Gasteiger partial charge on any atom is -0.0701 e. The molecule has 2 aromatic rings. The van der Waals surface area contributed by atoms with Gasteiger partial charge in [0.05, 0.1) is 0 Å². The molecule has 0 atom stereocenters. The number of rotatable bonds is 0. The van der Waals surface area contributed by atoms with Crippen molar-refractivity contribution in [3.8, 4) is 0 Å². The molecule has 100 valence electrons. The van der Waals surface area contributed by atoms with E-state index >= 15 is 0 Å². The summed E-state index contributed by atoms with van der Waals surface area (Å²) < 4.78 is 0. The second-order valence-corrected chi connectivity index (χ2v) is 6.89. The number of aryl methyl sites for hydroxylation is 1. The van der Waals surface area contributed by atoms with Crippen LogP contribution >= 0.6 is 0 Å². The van der Waals surface area contributed by atoms with E-state index < -0.39 is 0 Å². The molecule has 2 aromatic carbocycles. The standard InChI is InChI=1S/C20H20/c1-2-12-20(11-1)13-16-7-3-5-14-9-10-15-6-4-8-17(20)19(15)18(14)16/h4,6,8-10,13H,1-3,5,7,11-12H2. The lowest BCUT2D eigenvalue weighted by molar-refractivity contribution is 0.558. The van der Waals surface area contributed by atoms with Crippen molar-refractivity contribution in [1.29, 1.82) is 0 Å². The van der Waals surface area contributed by atoms with E-state index in [0.717, 1.165) is 0 Å². The topological polar surface area (TPSA) is 0 Å². The predicted octanol–water partition coefficient (Wildman–Crippen LogP) is 5.38. The zero-order valence-electron chi connectivity index (χ0n) is 11.9. The molecule has 0 aromatic heterocycles. The fourth-order valence-corrected chi connectivity index (χ4v) is 4.98. The van der Waals surface area contributed by atoms with Crippen molar-refractivity contribution in [2.75, 3.05) is 0 Å².